The number of hydrogen-bond acceptors (Lipinski definition) is 1. The van der Waals surface area contributed by atoms with E-state index in [9.17, 15) is 4.79 Å². The molecule has 0 aromatic carbocycles. The van der Waals surface area contributed by atoms with Gasteiger partial charge in [-0.2, -0.15) is 0 Å². The van der Waals surface area contributed by atoms with Gasteiger partial charge in [0.25, 0.3) is 0 Å². The molecule has 1 unspecified atom stereocenters. The SMILES string of the molecule is CC1=CC(C(=O)O)CCC1. The summed E-state index contributed by atoms with van der Waals surface area (Å²) < 4.78 is 0. The van der Waals surface area contributed by atoms with Crippen molar-refractivity contribution in [3.05, 3.63) is 11.6 Å². The first-order valence-corrected chi connectivity index (χ1v) is 3.60. The van der Waals surface area contributed by atoms with E-state index in [4.69, 9.17) is 5.11 Å². The van der Waals surface area contributed by atoms with Gasteiger partial charge in [-0.05, 0) is 26.2 Å². The first-order valence-electron chi connectivity index (χ1n) is 3.60. The molecular weight excluding hydrogens is 128 g/mol. The second kappa shape index (κ2) is 2.86. The van der Waals surface area contributed by atoms with Gasteiger partial charge in [0.2, 0.25) is 0 Å². The van der Waals surface area contributed by atoms with Crippen molar-refractivity contribution in [3.8, 4) is 0 Å². The van der Waals surface area contributed by atoms with E-state index in [1.54, 1.807) is 0 Å². The smallest absolute Gasteiger partial charge is 0.310 e. The molecule has 0 bridgehead atoms. The molecule has 2 nitrogen and oxygen atoms in total. The largest absolute Gasteiger partial charge is 0.481 e. The molecule has 0 fully saturated rings. The van der Waals surface area contributed by atoms with Crippen molar-refractivity contribution in [2.45, 2.75) is 26.2 Å². The van der Waals surface area contributed by atoms with Crippen molar-refractivity contribution >= 4 is 5.97 Å². The Labute approximate surface area is 60.6 Å². The first kappa shape index (κ1) is 7.32. The average molecular weight is 140 g/mol. The van der Waals surface area contributed by atoms with Crippen molar-refractivity contribution in [3.63, 3.8) is 0 Å². The van der Waals surface area contributed by atoms with Crippen LogP contribution in [0.15, 0.2) is 11.6 Å². The molecule has 0 amide bonds. The van der Waals surface area contributed by atoms with E-state index in [0.29, 0.717) is 0 Å². The van der Waals surface area contributed by atoms with Crippen LogP contribution in [0.2, 0.25) is 0 Å². The maximum Gasteiger partial charge on any atom is 0.310 e. The monoisotopic (exact) mass is 140 g/mol. The number of carbonyl (C=O) groups is 1. The summed E-state index contributed by atoms with van der Waals surface area (Å²) in [6, 6.07) is 0. The summed E-state index contributed by atoms with van der Waals surface area (Å²) in [5.41, 5.74) is 1.22. The Morgan fingerprint density at radius 1 is 1.80 bits per heavy atom. The molecule has 1 aliphatic carbocycles. The highest BCUT2D eigenvalue weighted by Crippen LogP contribution is 2.22. The van der Waals surface area contributed by atoms with Gasteiger partial charge in [-0.3, -0.25) is 4.79 Å². The minimum atomic E-state index is -0.681. The van der Waals surface area contributed by atoms with Crippen molar-refractivity contribution < 1.29 is 9.90 Å². The van der Waals surface area contributed by atoms with Gasteiger partial charge < -0.3 is 5.11 Å². The first-order chi connectivity index (χ1) is 4.70. The second-order valence-corrected chi connectivity index (χ2v) is 2.85. The Kier molecular flexibility index (Phi) is 2.10. The molecule has 1 aliphatic rings. The van der Waals surface area contributed by atoms with E-state index in [1.165, 1.54) is 5.57 Å². The van der Waals surface area contributed by atoms with Crippen molar-refractivity contribution in [1.29, 1.82) is 0 Å². The van der Waals surface area contributed by atoms with Crippen LogP contribution < -0.4 is 0 Å². The maximum atomic E-state index is 10.5. The second-order valence-electron chi connectivity index (χ2n) is 2.85. The highest BCUT2D eigenvalue weighted by molar-refractivity contribution is 5.72. The fraction of sp³-hybridized carbons (Fsp3) is 0.625. The molecule has 0 saturated carbocycles. The number of aliphatic carboxylic acids is 1. The summed E-state index contributed by atoms with van der Waals surface area (Å²) in [4.78, 5) is 10.5. The van der Waals surface area contributed by atoms with Crippen molar-refractivity contribution in [2.24, 2.45) is 5.92 Å². The van der Waals surface area contributed by atoms with Crippen LogP contribution in [0, 0.1) is 5.92 Å². The zero-order valence-corrected chi connectivity index (χ0v) is 6.13. The van der Waals surface area contributed by atoms with E-state index in [0.717, 1.165) is 19.3 Å². The lowest BCUT2D eigenvalue weighted by atomic mass is 9.91. The van der Waals surface area contributed by atoms with Crippen molar-refractivity contribution in [2.75, 3.05) is 0 Å². The predicted molar refractivity (Wildman–Crippen MR) is 38.7 cm³/mol. The third-order valence-electron chi connectivity index (χ3n) is 1.89. The third kappa shape index (κ3) is 1.59. The summed E-state index contributed by atoms with van der Waals surface area (Å²) in [6.07, 6.45) is 4.78. The van der Waals surface area contributed by atoms with E-state index in [-0.39, 0.29) is 5.92 Å². The number of carboxylic acids is 1. The molecule has 56 valence electrons. The standard InChI is InChI=1S/C8H12O2/c1-6-3-2-4-7(5-6)8(9)10/h5,7H,2-4H2,1H3,(H,9,10). The zero-order valence-electron chi connectivity index (χ0n) is 6.13. The van der Waals surface area contributed by atoms with Crippen LogP contribution in [0.4, 0.5) is 0 Å². The van der Waals surface area contributed by atoms with E-state index in [1.807, 2.05) is 13.0 Å². The molecule has 0 saturated heterocycles. The molecule has 0 radical (unpaired) electrons. The molecule has 0 aromatic heterocycles. The predicted octanol–water partition coefficient (Wildman–Crippen LogP) is 1.82. The van der Waals surface area contributed by atoms with Gasteiger partial charge in [-0.25, -0.2) is 0 Å². The quantitative estimate of drug-likeness (QED) is 0.564. The van der Waals surface area contributed by atoms with Crippen LogP contribution >= 0.6 is 0 Å². The fourth-order valence-corrected chi connectivity index (χ4v) is 1.31. The normalized spacial score (nSPS) is 25.7. The van der Waals surface area contributed by atoms with Crippen LogP contribution in [0.25, 0.3) is 0 Å². The highest BCUT2D eigenvalue weighted by atomic mass is 16.4. The van der Waals surface area contributed by atoms with Gasteiger partial charge in [0, 0.05) is 0 Å². The molecule has 0 aromatic rings. The lowest BCUT2D eigenvalue weighted by molar-refractivity contribution is -0.140. The molecule has 10 heavy (non-hydrogen) atoms. The van der Waals surface area contributed by atoms with Gasteiger partial charge in [-0.1, -0.05) is 11.6 Å². The van der Waals surface area contributed by atoms with E-state index < -0.39 is 5.97 Å². The molecule has 0 spiro atoms. The third-order valence-corrected chi connectivity index (χ3v) is 1.89. The van der Waals surface area contributed by atoms with Crippen LogP contribution in [0.1, 0.15) is 26.2 Å². The topological polar surface area (TPSA) is 37.3 Å². The molecule has 1 atom stereocenters. The number of allylic oxidation sites excluding steroid dienone is 1. The summed E-state index contributed by atoms with van der Waals surface area (Å²) in [7, 11) is 0. The summed E-state index contributed by atoms with van der Waals surface area (Å²) >= 11 is 0. The Bertz CT molecular complexity index is 170. The minimum absolute atomic E-state index is 0.214. The van der Waals surface area contributed by atoms with E-state index in [2.05, 4.69) is 0 Å². The van der Waals surface area contributed by atoms with E-state index >= 15 is 0 Å². The number of carboxylic acid groups (broad SMARTS) is 1. The lowest BCUT2D eigenvalue weighted by Gasteiger charge is -2.14. The molecule has 1 rings (SSSR count). The fourth-order valence-electron chi connectivity index (χ4n) is 1.31. The molecule has 0 heterocycles. The van der Waals surface area contributed by atoms with Crippen LogP contribution in [0.3, 0.4) is 0 Å². The van der Waals surface area contributed by atoms with Gasteiger partial charge in [0.1, 0.15) is 0 Å². The lowest BCUT2D eigenvalue weighted by Crippen LogP contribution is -2.14. The summed E-state index contributed by atoms with van der Waals surface area (Å²) in [6.45, 7) is 2.00. The van der Waals surface area contributed by atoms with Gasteiger partial charge in [0.05, 0.1) is 5.92 Å². The van der Waals surface area contributed by atoms with Gasteiger partial charge >= 0.3 is 5.97 Å². The van der Waals surface area contributed by atoms with Gasteiger partial charge in [0.15, 0.2) is 0 Å². The molecule has 0 aliphatic heterocycles. The van der Waals surface area contributed by atoms with Crippen LogP contribution in [-0.4, -0.2) is 11.1 Å². The van der Waals surface area contributed by atoms with Crippen LogP contribution in [-0.2, 0) is 4.79 Å². The maximum absolute atomic E-state index is 10.5. The molecular formula is C8H12O2. The highest BCUT2D eigenvalue weighted by Gasteiger charge is 2.17. The summed E-state index contributed by atoms with van der Waals surface area (Å²) in [5, 5.41) is 8.61. The zero-order chi connectivity index (χ0) is 7.56. The number of rotatable bonds is 1. The van der Waals surface area contributed by atoms with Crippen molar-refractivity contribution in [1.82, 2.24) is 0 Å². The number of hydrogen-bond donors (Lipinski definition) is 1. The Morgan fingerprint density at radius 2 is 2.50 bits per heavy atom. The molecule has 1 N–H and O–H groups in total. The average Bonchev–Trinajstić information content (AvgIpc) is 1.88. The Morgan fingerprint density at radius 3 is 2.90 bits per heavy atom. The summed E-state index contributed by atoms with van der Waals surface area (Å²) in [5.74, 6) is -0.896. The minimum Gasteiger partial charge on any atom is -0.481 e. The Hall–Kier alpha value is -0.790. The van der Waals surface area contributed by atoms with Gasteiger partial charge in [-0.15, -0.1) is 0 Å². The Balaban J connectivity index is 2.62. The molecule has 2 heteroatoms. The van der Waals surface area contributed by atoms with Crippen LogP contribution in [0.5, 0.6) is 0 Å².